The van der Waals surface area contributed by atoms with Crippen molar-refractivity contribution in [1.29, 1.82) is 0 Å². The van der Waals surface area contributed by atoms with Crippen LogP contribution in [0, 0.1) is 5.92 Å². The minimum Gasteiger partial charge on any atom is -0.392 e. The normalized spacial score (nSPS) is 23.1. The second-order valence-corrected chi connectivity index (χ2v) is 7.86. The quantitative estimate of drug-likeness (QED) is 0.872. The van der Waals surface area contributed by atoms with Crippen molar-refractivity contribution in [3.05, 3.63) is 30.3 Å². The first-order chi connectivity index (χ1) is 10.1. The van der Waals surface area contributed by atoms with E-state index < -0.39 is 10.0 Å². The van der Waals surface area contributed by atoms with Crippen LogP contribution < -0.4 is 0 Å². The molecule has 1 atom stereocenters. The summed E-state index contributed by atoms with van der Waals surface area (Å²) in [5, 5.41) is 9.97. The molecule has 1 N–H and O–H groups in total. The van der Waals surface area contributed by atoms with Gasteiger partial charge in [-0.05, 0) is 30.9 Å². The predicted molar refractivity (Wildman–Crippen MR) is 80.4 cm³/mol. The van der Waals surface area contributed by atoms with E-state index in [4.69, 9.17) is 0 Å². The molecular weight excluding hydrogens is 288 g/mol. The van der Waals surface area contributed by atoms with E-state index in [2.05, 4.69) is 4.90 Å². The number of aliphatic hydroxyl groups is 1. The third-order valence-electron chi connectivity index (χ3n) is 4.32. The summed E-state index contributed by atoms with van der Waals surface area (Å²) in [5.74, 6) is 0.469. The molecule has 1 aliphatic heterocycles. The largest absolute Gasteiger partial charge is 0.392 e. The zero-order chi connectivity index (χ0) is 14.9. The van der Waals surface area contributed by atoms with Crippen LogP contribution in [0.2, 0.25) is 0 Å². The fraction of sp³-hybridized carbons (Fsp3) is 0.600. The molecule has 0 amide bonds. The minimum absolute atomic E-state index is 0.248. The smallest absolute Gasteiger partial charge is 0.243 e. The monoisotopic (exact) mass is 310 g/mol. The first kappa shape index (κ1) is 15.0. The van der Waals surface area contributed by atoms with Crippen LogP contribution in [-0.4, -0.2) is 61.6 Å². The van der Waals surface area contributed by atoms with Gasteiger partial charge in [0.2, 0.25) is 10.0 Å². The molecule has 0 aromatic heterocycles. The number of hydrogen-bond acceptors (Lipinski definition) is 4. The highest BCUT2D eigenvalue weighted by molar-refractivity contribution is 7.89. The molecule has 1 heterocycles. The molecule has 1 aromatic carbocycles. The van der Waals surface area contributed by atoms with Crippen LogP contribution in [0.4, 0.5) is 0 Å². The first-order valence-electron chi connectivity index (χ1n) is 7.53. The van der Waals surface area contributed by atoms with Gasteiger partial charge in [0.05, 0.1) is 11.0 Å². The lowest BCUT2D eigenvalue weighted by atomic mass is 10.2. The lowest BCUT2D eigenvalue weighted by Gasteiger charge is -2.34. The van der Waals surface area contributed by atoms with Crippen LogP contribution in [-0.2, 0) is 10.0 Å². The van der Waals surface area contributed by atoms with Gasteiger partial charge < -0.3 is 5.11 Å². The summed E-state index contributed by atoms with van der Waals surface area (Å²) in [6.45, 7) is 3.04. The zero-order valence-electron chi connectivity index (χ0n) is 12.1. The van der Waals surface area contributed by atoms with Gasteiger partial charge in [-0.1, -0.05) is 18.2 Å². The number of nitrogens with zero attached hydrogens (tertiary/aromatic N) is 2. The van der Waals surface area contributed by atoms with E-state index in [1.165, 1.54) is 0 Å². The standard InChI is InChI=1S/C15H22N2O3S/c18-15(13-6-7-13)12-16-8-10-17(11-9-16)21(19,20)14-4-2-1-3-5-14/h1-5,13,15,18H,6-12H2/t15-/m1/s1. The third kappa shape index (κ3) is 3.45. The van der Waals surface area contributed by atoms with Crippen molar-refractivity contribution in [3.8, 4) is 0 Å². The average molecular weight is 310 g/mol. The summed E-state index contributed by atoms with van der Waals surface area (Å²) in [6, 6.07) is 8.58. The molecule has 3 rings (SSSR count). The number of piperazine rings is 1. The SMILES string of the molecule is O=S(=O)(c1ccccc1)N1CCN(C[C@@H](O)C2CC2)CC1. The maximum absolute atomic E-state index is 12.5. The summed E-state index contributed by atoms with van der Waals surface area (Å²) >= 11 is 0. The predicted octanol–water partition coefficient (Wildman–Crippen LogP) is 0.764. The lowest BCUT2D eigenvalue weighted by molar-refractivity contribution is 0.0782. The van der Waals surface area contributed by atoms with E-state index in [-0.39, 0.29) is 6.10 Å². The molecule has 0 bridgehead atoms. The molecule has 0 radical (unpaired) electrons. The van der Waals surface area contributed by atoms with Crippen molar-refractivity contribution in [2.24, 2.45) is 5.92 Å². The van der Waals surface area contributed by atoms with Gasteiger partial charge in [-0.2, -0.15) is 4.31 Å². The lowest BCUT2D eigenvalue weighted by Crippen LogP contribution is -2.50. The van der Waals surface area contributed by atoms with Crippen LogP contribution in [0.1, 0.15) is 12.8 Å². The molecule has 0 unspecified atom stereocenters. The maximum atomic E-state index is 12.5. The molecular formula is C15H22N2O3S. The number of sulfonamides is 1. The van der Waals surface area contributed by atoms with E-state index >= 15 is 0 Å². The third-order valence-corrected chi connectivity index (χ3v) is 6.24. The second-order valence-electron chi connectivity index (χ2n) is 5.92. The number of benzene rings is 1. The summed E-state index contributed by atoms with van der Waals surface area (Å²) in [7, 11) is -3.37. The van der Waals surface area contributed by atoms with Gasteiger partial charge in [0.25, 0.3) is 0 Å². The average Bonchev–Trinajstić information content (AvgIpc) is 3.33. The molecule has 1 aliphatic carbocycles. The van der Waals surface area contributed by atoms with Gasteiger partial charge >= 0.3 is 0 Å². The Bertz CT molecular complexity index is 564. The van der Waals surface area contributed by atoms with Gasteiger partial charge in [-0.15, -0.1) is 0 Å². The number of aliphatic hydroxyl groups excluding tert-OH is 1. The van der Waals surface area contributed by atoms with Crippen LogP contribution in [0.3, 0.4) is 0 Å². The molecule has 1 aromatic rings. The minimum atomic E-state index is -3.37. The van der Waals surface area contributed by atoms with Crippen LogP contribution >= 0.6 is 0 Å². The summed E-state index contributed by atoms with van der Waals surface area (Å²) in [6.07, 6.45) is 2.01. The Morgan fingerprint density at radius 3 is 2.29 bits per heavy atom. The number of β-amino-alcohol motifs (C(OH)–C–C–N with tert-alkyl or cyclic N) is 1. The van der Waals surface area contributed by atoms with Crippen molar-refractivity contribution >= 4 is 10.0 Å². The summed E-state index contributed by atoms with van der Waals surface area (Å²) < 4.78 is 26.5. The van der Waals surface area contributed by atoms with Crippen molar-refractivity contribution in [1.82, 2.24) is 9.21 Å². The van der Waals surface area contributed by atoms with Crippen LogP contribution in [0.15, 0.2) is 35.2 Å². The Labute approximate surface area is 126 Å². The molecule has 2 fully saturated rings. The van der Waals surface area contributed by atoms with Crippen molar-refractivity contribution < 1.29 is 13.5 Å². The molecule has 2 aliphatic rings. The molecule has 5 nitrogen and oxygen atoms in total. The van der Waals surface area contributed by atoms with E-state index in [1.54, 1.807) is 28.6 Å². The highest BCUT2D eigenvalue weighted by atomic mass is 32.2. The second kappa shape index (κ2) is 6.04. The van der Waals surface area contributed by atoms with E-state index in [0.29, 0.717) is 43.5 Å². The maximum Gasteiger partial charge on any atom is 0.243 e. The van der Waals surface area contributed by atoms with Crippen molar-refractivity contribution in [3.63, 3.8) is 0 Å². The van der Waals surface area contributed by atoms with Crippen LogP contribution in [0.5, 0.6) is 0 Å². The molecule has 21 heavy (non-hydrogen) atoms. The van der Waals surface area contributed by atoms with Gasteiger partial charge in [0.15, 0.2) is 0 Å². The summed E-state index contributed by atoms with van der Waals surface area (Å²) in [4.78, 5) is 2.52. The van der Waals surface area contributed by atoms with Gasteiger partial charge in [-0.25, -0.2) is 8.42 Å². The topological polar surface area (TPSA) is 60.9 Å². The Morgan fingerprint density at radius 1 is 1.10 bits per heavy atom. The van der Waals surface area contributed by atoms with Crippen molar-refractivity contribution in [2.45, 2.75) is 23.8 Å². The van der Waals surface area contributed by atoms with E-state index in [1.807, 2.05) is 6.07 Å². The molecule has 116 valence electrons. The van der Waals surface area contributed by atoms with Crippen LogP contribution in [0.25, 0.3) is 0 Å². The first-order valence-corrected chi connectivity index (χ1v) is 8.97. The summed E-state index contributed by atoms with van der Waals surface area (Å²) in [5.41, 5.74) is 0. The number of rotatable bonds is 5. The van der Waals surface area contributed by atoms with Gasteiger partial charge in [-0.3, -0.25) is 4.90 Å². The molecule has 6 heteroatoms. The Morgan fingerprint density at radius 2 is 1.71 bits per heavy atom. The van der Waals surface area contributed by atoms with E-state index in [9.17, 15) is 13.5 Å². The number of hydrogen-bond donors (Lipinski definition) is 1. The highest BCUT2D eigenvalue weighted by Crippen LogP contribution is 2.33. The molecule has 1 saturated heterocycles. The Balaban J connectivity index is 1.57. The van der Waals surface area contributed by atoms with Gasteiger partial charge in [0, 0.05) is 32.7 Å². The zero-order valence-corrected chi connectivity index (χ0v) is 12.9. The molecule has 0 spiro atoms. The van der Waals surface area contributed by atoms with E-state index in [0.717, 1.165) is 12.8 Å². The Kier molecular flexibility index (Phi) is 4.31. The fourth-order valence-corrected chi connectivity index (χ4v) is 4.23. The van der Waals surface area contributed by atoms with Gasteiger partial charge in [0.1, 0.15) is 0 Å². The van der Waals surface area contributed by atoms with Crippen molar-refractivity contribution in [2.75, 3.05) is 32.7 Å². The highest BCUT2D eigenvalue weighted by Gasteiger charge is 2.33. The fourth-order valence-electron chi connectivity index (χ4n) is 2.79. The molecule has 1 saturated carbocycles. The Hall–Kier alpha value is -0.950.